The van der Waals surface area contributed by atoms with E-state index < -0.39 is 0 Å². The van der Waals surface area contributed by atoms with Crippen LogP contribution in [0.5, 0.6) is 0 Å². The summed E-state index contributed by atoms with van der Waals surface area (Å²) in [4.78, 5) is 9.02. The van der Waals surface area contributed by atoms with E-state index in [1.54, 1.807) is 7.11 Å². The first-order chi connectivity index (χ1) is 10.3. The van der Waals surface area contributed by atoms with Crippen molar-refractivity contribution in [2.75, 3.05) is 13.7 Å². The van der Waals surface area contributed by atoms with Crippen molar-refractivity contribution in [2.45, 2.75) is 57.8 Å². The Bertz CT molecular complexity index is 513. The Balaban J connectivity index is 0.00000176. The van der Waals surface area contributed by atoms with Crippen LogP contribution < -0.4 is 10.6 Å². The van der Waals surface area contributed by atoms with E-state index in [-0.39, 0.29) is 24.0 Å². The van der Waals surface area contributed by atoms with Gasteiger partial charge in [0.15, 0.2) is 11.8 Å². The van der Waals surface area contributed by atoms with E-state index in [1.807, 2.05) is 4.68 Å². The number of nitrogens with zero attached hydrogens (tertiary/aromatic N) is 4. The molecular weight excluding hydrogens is 395 g/mol. The molecule has 22 heavy (non-hydrogen) atoms. The maximum Gasteiger partial charge on any atom is 0.191 e. The summed E-state index contributed by atoms with van der Waals surface area (Å²) in [5.74, 6) is 2.77. The van der Waals surface area contributed by atoms with E-state index in [0.29, 0.717) is 18.7 Å². The molecule has 8 heteroatoms. The minimum Gasteiger partial charge on any atom is -0.377 e. The summed E-state index contributed by atoms with van der Waals surface area (Å²) >= 11 is 0. The number of fused-ring (bicyclic) bond motifs is 1. The van der Waals surface area contributed by atoms with Crippen molar-refractivity contribution in [3.05, 3.63) is 11.6 Å². The van der Waals surface area contributed by atoms with Gasteiger partial charge in [-0.05, 0) is 26.2 Å². The smallest absolute Gasteiger partial charge is 0.191 e. The second-order valence-corrected chi connectivity index (χ2v) is 5.68. The molecule has 1 aliphatic carbocycles. The summed E-state index contributed by atoms with van der Waals surface area (Å²) in [5.41, 5.74) is 0. The SMILES string of the molecule is CCN=C(NC1CC1)NC1CCc2nc(COC)nn2C1.I. The Hall–Kier alpha value is -0.900. The first kappa shape index (κ1) is 17.5. The molecule has 0 amide bonds. The molecule has 3 rings (SSSR count). The lowest BCUT2D eigenvalue weighted by atomic mass is 10.1. The number of hydrogen-bond acceptors (Lipinski definition) is 4. The molecule has 0 saturated heterocycles. The second-order valence-electron chi connectivity index (χ2n) is 5.68. The molecule has 1 saturated carbocycles. The highest BCUT2D eigenvalue weighted by Crippen LogP contribution is 2.19. The number of methoxy groups -OCH3 is 1. The van der Waals surface area contributed by atoms with Crippen LogP contribution in [0, 0.1) is 0 Å². The molecule has 2 N–H and O–H groups in total. The van der Waals surface area contributed by atoms with Crippen LogP contribution in [-0.4, -0.2) is 46.5 Å². The van der Waals surface area contributed by atoms with Gasteiger partial charge in [-0.1, -0.05) is 0 Å². The van der Waals surface area contributed by atoms with Gasteiger partial charge in [0.2, 0.25) is 0 Å². The summed E-state index contributed by atoms with van der Waals surface area (Å²) in [7, 11) is 1.67. The largest absolute Gasteiger partial charge is 0.377 e. The van der Waals surface area contributed by atoms with Crippen LogP contribution in [0.25, 0.3) is 0 Å². The summed E-state index contributed by atoms with van der Waals surface area (Å²) in [6.07, 6.45) is 4.50. The van der Waals surface area contributed by atoms with Gasteiger partial charge in [0.25, 0.3) is 0 Å². The van der Waals surface area contributed by atoms with Crippen molar-refractivity contribution in [1.82, 2.24) is 25.4 Å². The average molecular weight is 420 g/mol. The third kappa shape index (κ3) is 4.55. The molecule has 1 unspecified atom stereocenters. The minimum absolute atomic E-state index is 0. The van der Waals surface area contributed by atoms with E-state index in [1.165, 1.54) is 12.8 Å². The molecule has 0 bridgehead atoms. The number of aryl methyl sites for hydroxylation is 1. The van der Waals surface area contributed by atoms with Gasteiger partial charge in [-0.3, -0.25) is 4.99 Å². The third-order valence-corrected chi connectivity index (χ3v) is 3.75. The first-order valence-electron chi connectivity index (χ1n) is 7.77. The zero-order valence-corrected chi connectivity index (χ0v) is 15.5. The Kier molecular flexibility index (Phi) is 6.42. The van der Waals surface area contributed by atoms with Gasteiger partial charge in [-0.15, -0.1) is 24.0 Å². The topological polar surface area (TPSA) is 76.4 Å². The van der Waals surface area contributed by atoms with Crippen LogP contribution in [0.2, 0.25) is 0 Å². The molecule has 124 valence electrons. The van der Waals surface area contributed by atoms with E-state index >= 15 is 0 Å². The monoisotopic (exact) mass is 420 g/mol. The van der Waals surface area contributed by atoms with Gasteiger partial charge in [0, 0.05) is 32.2 Å². The Morgan fingerprint density at radius 2 is 2.09 bits per heavy atom. The predicted octanol–water partition coefficient (Wildman–Crippen LogP) is 1.07. The second kappa shape index (κ2) is 8.09. The average Bonchev–Trinajstić information content (AvgIpc) is 3.17. The van der Waals surface area contributed by atoms with Gasteiger partial charge in [0.05, 0.1) is 6.54 Å². The zero-order valence-electron chi connectivity index (χ0n) is 13.2. The van der Waals surface area contributed by atoms with E-state index in [4.69, 9.17) is 4.74 Å². The quantitative estimate of drug-likeness (QED) is 0.424. The van der Waals surface area contributed by atoms with Crippen molar-refractivity contribution in [3.63, 3.8) is 0 Å². The normalized spacial score (nSPS) is 21.0. The summed E-state index contributed by atoms with van der Waals surface area (Å²) < 4.78 is 7.09. The number of aliphatic imine (C=N–C) groups is 1. The molecule has 7 nitrogen and oxygen atoms in total. The molecule has 0 aromatic carbocycles. The van der Waals surface area contributed by atoms with Crippen molar-refractivity contribution >= 4 is 29.9 Å². The Morgan fingerprint density at radius 3 is 2.77 bits per heavy atom. The predicted molar refractivity (Wildman–Crippen MR) is 95.5 cm³/mol. The van der Waals surface area contributed by atoms with Crippen LogP contribution in [0.15, 0.2) is 4.99 Å². The lowest BCUT2D eigenvalue weighted by molar-refractivity contribution is 0.177. The zero-order chi connectivity index (χ0) is 14.7. The van der Waals surface area contributed by atoms with Crippen molar-refractivity contribution in [3.8, 4) is 0 Å². The number of halogens is 1. The fourth-order valence-corrected chi connectivity index (χ4v) is 2.57. The number of guanidine groups is 1. The van der Waals surface area contributed by atoms with E-state index in [0.717, 1.165) is 43.5 Å². The van der Waals surface area contributed by atoms with Gasteiger partial charge in [-0.2, -0.15) is 5.10 Å². The fourth-order valence-electron chi connectivity index (χ4n) is 2.57. The number of aromatic nitrogens is 3. The third-order valence-electron chi connectivity index (χ3n) is 3.75. The molecule has 1 aromatic heterocycles. The van der Waals surface area contributed by atoms with Crippen LogP contribution in [0.1, 0.15) is 37.8 Å². The van der Waals surface area contributed by atoms with Gasteiger partial charge in [0.1, 0.15) is 12.4 Å². The van der Waals surface area contributed by atoms with E-state index in [9.17, 15) is 0 Å². The van der Waals surface area contributed by atoms with Gasteiger partial charge in [-0.25, -0.2) is 9.67 Å². The van der Waals surface area contributed by atoms with Crippen LogP contribution in [-0.2, 0) is 24.3 Å². The number of nitrogens with one attached hydrogen (secondary N) is 2. The van der Waals surface area contributed by atoms with Crippen LogP contribution in [0.3, 0.4) is 0 Å². The molecule has 1 fully saturated rings. The molecule has 1 atom stereocenters. The molecule has 0 spiro atoms. The summed E-state index contributed by atoms with van der Waals surface area (Å²) in [5, 5.41) is 11.5. The lowest BCUT2D eigenvalue weighted by Gasteiger charge is -2.25. The number of rotatable bonds is 5. The highest BCUT2D eigenvalue weighted by atomic mass is 127. The van der Waals surface area contributed by atoms with Crippen molar-refractivity contribution in [1.29, 1.82) is 0 Å². The van der Waals surface area contributed by atoms with Crippen LogP contribution in [0.4, 0.5) is 0 Å². The first-order valence-corrected chi connectivity index (χ1v) is 7.77. The molecule has 2 aliphatic rings. The highest BCUT2D eigenvalue weighted by molar-refractivity contribution is 14.0. The molecule has 1 aliphatic heterocycles. The van der Waals surface area contributed by atoms with Gasteiger partial charge >= 0.3 is 0 Å². The Labute approximate surface area is 148 Å². The molecule has 2 heterocycles. The maximum atomic E-state index is 5.10. The van der Waals surface area contributed by atoms with Gasteiger partial charge < -0.3 is 15.4 Å². The Morgan fingerprint density at radius 1 is 1.32 bits per heavy atom. The summed E-state index contributed by atoms with van der Waals surface area (Å²) in [6.45, 7) is 4.16. The molecular formula is C14H25IN6O. The lowest BCUT2D eigenvalue weighted by Crippen LogP contribution is -2.47. The number of hydrogen-bond donors (Lipinski definition) is 2. The minimum atomic E-state index is 0. The standard InChI is InChI=1S/C14H24N6O.HI/c1-3-15-14(16-10-4-5-10)17-11-6-7-13-18-12(9-21-2)19-20(13)8-11;/h10-11H,3-9H2,1-2H3,(H2,15,16,17);1H. The van der Waals surface area contributed by atoms with Crippen LogP contribution >= 0.6 is 24.0 Å². The molecule has 1 aromatic rings. The fraction of sp³-hybridized carbons (Fsp3) is 0.786. The summed E-state index contributed by atoms with van der Waals surface area (Å²) in [6, 6.07) is 0.966. The maximum absolute atomic E-state index is 5.10. The highest BCUT2D eigenvalue weighted by Gasteiger charge is 2.25. The molecule has 0 radical (unpaired) electrons. The van der Waals surface area contributed by atoms with E-state index in [2.05, 4.69) is 32.6 Å². The van der Waals surface area contributed by atoms with Crippen molar-refractivity contribution in [2.24, 2.45) is 4.99 Å². The van der Waals surface area contributed by atoms with Crippen molar-refractivity contribution < 1.29 is 4.74 Å². The number of ether oxygens (including phenoxy) is 1.